The summed E-state index contributed by atoms with van der Waals surface area (Å²) in [6.45, 7) is 2.49. The maximum Gasteiger partial charge on any atom is 0.247 e. The molecule has 114 valence electrons. The fourth-order valence-corrected chi connectivity index (χ4v) is 3.37. The highest BCUT2D eigenvalue weighted by Gasteiger charge is 2.41. The molecule has 1 amide bonds. The molecule has 1 heterocycles. The van der Waals surface area contributed by atoms with Gasteiger partial charge in [0, 0.05) is 11.5 Å². The first-order chi connectivity index (χ1) is 9.86. The summed E-state index contributed by atoms with van der Waals surface area (Å²) in [6, 6.07) is 7.94. The van der Waals surface area contributed by atoms with E-state index in [1.165, 1.54) is 17.0 Å². The van der Waals surface area contributed by atoms with E-state index in [1.54, 1.807) is 18.2 Å². The van der Waals surface area contributed by atoms with E-state index >= 15 is 0 Å². The molecule has 0 atom stereocenters. The Morgan fingerprint density at radius 1 is 1.33 bits per heavy atom. The Morgan fingerprint density at radius 3 is 2.52 bits per heavy atom. The molecule has 2 rings (SSSR count). The number of aliphatic hydroxyl groups is 1. The van der Waals surface area contributed by atoms with E-state index in [0.717, 1.165) is 17.9 Å². The summed E-state index contributed by atoms with van der Waals surface area (Å²) in [5.74, 6) is -0.393. The molecule has 0 saturated carbocycles. The lowest BCUT2D eigenvalue weighted by Crippen LogP contribution is -2.63. The minimum absolute atomic E-state index is 0.153. The van der Waals surface area contributed by atoms with Crippen LogP contribution in [0.4, 0.5) is 0 Å². The molecule has 5 nitrogen and oxygen atoms in total. The SMILES string of the molecule is CCCC1(O)CN(C(=O)C=CS(=O)(=O)c2ccccc2)C1. The number of carbonyl (C=O) groups is 1. The molecule has 0 aromatic heterocycles. The van der Waals surface area contributed by atoms with Gasteiger partial charge in [-0.2, -0.15) is 0 Å². The zero-order valence-corrected chi connectivity index (χ0v) is 12.7. The van der Waals surface area contributed by atoms with E-state index in [1.807, 2.05) is 6.92 Å². The summed E-state index contributed by atoms with van der Waals surface area (Å²) >= 11 is 0. The fourth-order valence-electron chi connectivity index (χ4n) is 2.39. The monoisotopic (exact) mass is 309 g/mol. The van der Waals surface area contributed by atoms with Gasteiger partial charge in [-0.25, -0.2) is 8.42 Å². The van der Waals surface area contributed by atoms with Gasteiger partial charge < -0.3 is 10.0 Å². The van der Waals surface area contributed by atoms with Gasteiger partial charge in [0.15, 0.2) is 9.84 Å². The third-order valence-electron chi connectivity index (χ3n) is 3.46. The number of amides is 1. The second-order valence-corrected chi connectivity index (χ2v) is 7.16. The van der Waals surface area contributed by atoms with Crippen molar-refractivity contribution in [2.24, 2.45) is 0 Å². The lowest BCUT2D eigenvalue weighted by Gasteiger charge is -2.46. The molecular formula is C15H19NO4S. The molecule has 1 fully saturated rings. The molecule has 1 aliphatic rings. The number of benzene rings is 1. The quantitative estimate of drug-likeness (QED) is 0.833. The van der Waals surface area contributed by atoms with Crippen molar-refractivity contribution in [3.05, 3.63) is 41.8 Å². The summed E-state index contributed by atoms with van der Waals surface area (Å²) < 4.78 is 24.0. The number of β-amino-alcohol motifs (C(OH)–C–C–N with tert-alkyl or cyclic N) is 1. The van der Waals surface area contributed by atoms with Gasteiger partial charge in [-0.3, -0.25) is 4.79 Å². The molecule has 1 N–H and O–H groups in total. The predicted octanol–water partition coefficient (Wildman–Crippen LogP) is 1.35. The summed E-state index contributed by atoms with van der Waals surface area (Å²) in [7, 11) is -3.60. The molecule has 1 saturated heterocycles. The molecule has 0 unspecified atom stereocenters. The molecule has 1 aromatic carbocycles. The molecular weight excluding hydrogens is 290 g/mol. The molecule has 0 bridgehead atoms. The van der Waals surface area contributed by atoms with Gasteiger partial charge in [-0.1, -0.05) is 31.5 Å². The van der Waals surface area contributed by atoms with Crippen molar-refractivity contribution in [2.75, 3.05) is 13.1 Å². The van der Waals surface area contributed by atoms with E-state index in [0.29, 0.717) is 6.42 Å². The zero-order valence-electron chi connectivity index (χ0n) is 11.9. The second-order valence-electron chi connectivity index (χ2n) is 5.33. The Labute approximate surface area is 124 Å². The zero-order chi connectivity index (χ0) is 15.5. The molecule has 0 aliphatic carbocycles. The molecule has 0 spiro atoms. The van der Waals surface area contributed by atoms with E-state index in [-0.39, 0.29) is 18.0 Å². The van der Waals surface area contributed by atoms with Crippen LogP contribution in [0.1, 0.15) is 19.8 Å². The van der Waals surface area contributed by atoms with Crippen molar-refractivity contribution in [2.45, 2.75) is 30.3 Å². The Balaban J connectivity index is 1.98. The van der Waals surface area contributed by atoms with Crippen LogP contribution in [0.5, 0.6) is 0 Å². The van der Waals surface area contributed by atoms with Crippen molar-refractivity contribution < 1.29 is 18.3 Å². The van der Waals surface area contributed by atoms with Gasteiger partial charge in [0.25, 0.3) is 0 Å². The number of rotatable bonds is 5. The number of sulfone groups is 1. The van der Waals surface area contributed by atoms with Crippen LogP contribution < -0.4 is 0 Å². The molecule has 21 heavy (non-hydrogen) atoms. The van der Waals surface area contributed by atoms with Crippen LogP contribution in [0.25, 0.3) is 0 Å². The number of hydrogen-bond donors (Lipinski definition) is 1. The van der Waals surface area contributed by atoms with Crippen molar-refractivity contribution in [1.82, 2.24) is 4.90 Å². The van der Waals surface area contributed by atoms with E-state index in [4.69, 9.17) is 0 Å². The second kappa shape index (κ2) is 5.99. The predicted molar refractivity (Wildman–Crippen MR) is 79.2 cm³/mol. The molecule has 1 aromatic rings. The molecule has 0 radical (unpaired) electrons. The Kier molecular flexibility index (Phi) is 4.49. The topological polar surface area (TPSA) is 74.7 Å². The smallest absolute Gasteiger partial charge is 0.247 e. The maximum atomic E-state index is 12.0. The van der Waals surface area contributed by atoms with Crippen LogP contribution in [0.15, 0.2) is 46.7 Å². The third-order valence-corrected chi connectivity index (χ3v) is 4.88. The number of likely N-dealkylation sites (tertiary alicyclic amines) is 1. The number of carbonyl (C=O) groups excluding carboxylic acids is 1. The first kappa shape index (κ1) is 15.7. The average molecular weight is 309 g/mol. The van der Waals surface area contributed by atoms with E-state index < -0.39 is 21.3 Å². The van der Waals surface area contributed by atoms with Crippen LogP contribution in [-0.4, -0.2) is 43.0 Å². The van der Waals surface area contributed by atoms with Crippen LogP contribution in [0.3, 0.4) is 0 Å². The van der Waals surface area contributed by atoms with Gasteiger partial charge in [0.1, 0.15) is 0 Å². The highest BCUT2D eigenvalue weighted by Crippen LogP contribution is 2.26. The highest BCUT2D eigenvalue weighted by atomic mass is 32.2. The van der Waals surface area contributed by atoms with Crippen LogP contribution in [0, 0.1) is 0 Å². The van der Waals surface area contributed by atoms with Crippen molar-refractivity contribution in [1.29, 1.82) is 0 Å². The van der Waals surface area contributed by atoms with Crippen LogP contribution >= 0.6 is 0 Å². The van der Waals surface area contributed by atoms with E-state index in [2.05, 4.69) is 0 Å². The first-order valence-corrected chi connectivity index (χ1v) is 8.40. The van der Waals surface area contributed by atoms with Gasteiger partial charge >= 0.3 is 0 Å². The van der Waals surface area contributed by atoms with E-state index in [9.17, 15) is 18.3 Å². The maximum absolute atomic E-state index is 12.0. The lowest BCUT2D eigenvalue weighted by molar-refractivity contribution is -0.151. The summed E-state index contributed by atoms with van der Waals surface area (Å²) in [5.41, 5.74) is -0.809. The highest BCUT2D eigenvalue weighted by molar-refractivity contribution is 7.94. The number of nitrogens with zero attached hydrogens (tertiary/aromatic N) is 1. The fraction of sp³-hybridized carbons (Fsp3) is 0.400. The summed E-state index contributed by atoms with van der Waals surface area (Å²) in [4.78, 5) is 13.4. The Morgan fingerprint density at radius 2 is 1.95 bits per heavy atom. The summed E-state index contributed by atoms with van der Waals surface area (Å²) in [6.07, 6.45) is 2.54. The van der Waals surface area contributed by atoms with Crippen molar-refractivity contribution in [3.8, 4) is 0 Å². The standard InChI is InChI=1S/C15H19NO4S/c1-2-9-15(18)11-16(12-15)14(17)8-10-21(19,20)13-6-4-3-5-7-13/h3-8,10,18H,2,9,11-12H2,1H3. The molecule has 6 heteroatoms. The van der Waals surface area contributed by atoms with Gasteiger partial charge in [0.05, 0.1) is 23.6 Å². The van der Waals surface area contributed by atoms with Gasteiger partial charge in [0.2, 0.25) is 5.91 Å². The summed E-state index contributed by atoms with van der Waals surface area (Å²) in [5, 5.41) is 10.9. The Bertz CT molecular complexity index is 631. The van der Waals surface area contributed by atoms with Gasteiger partial charge in [-0.05, 0) is 18.6 Å². The average Bonchev–Trinajstić information content (AvgIpc) is 2.43. The lowest BCUT2D eigenvalue weighted by atomic mass is 9.89. The third kappa shape index (κ3) is 3.71. The van der Waals surface area contributed by atoms with Crippen molar-refractivity contribution in [3.63, 3.8) is 0 Å². The largest absolute Gasteiger partial charge is 0.386 e. The first-order valence-electron chi connectivity index (χ1n) is 6.86. The minimum atomic E-state index is -3.60. The molecule has 1 aliphatic heterocycles. The van der Waals surface area contributed by atoms with Crippen molar-refractivity contribution >= 4 is 15.7 Å². The van der Waals surface area contributed by atoms with Crippen LogP contribution in [0.2, 0.25) is 0 Å². The Hall–Kier alpha value is -1.66. The number of hydrogen-bond acceptors (Lipinski definition) is 4. The van der Waals surface area contributed by atoms with Gasteiger partial charge in [-0.15, -0.1) is 0 Å². The van der Waals surface area contributed by atoms with Crippen LogP contribution in [-0.2, 0) is 14.6 Å². The minimum Gasteiger partial charge on any atom is -0.386 e. The normalized spacial score (nSPS) is 17.7.